The van der Waals surface area contributed by atoms with Crippen molar-refractivity contribution < 1.29 is 24.2 Å². The van der Waals surface area contributed by atoms with Crippen molar-refractivity contribution in [1.82, 2.24) is 4.90 Å². The van der Waals surface area contributed by atoms with Crippen molar-refractivity contribution in [2.24, 2.45) is 0 Å². The van der Waals surface area contributed by atoms with Gasteiger partial charge in [-0.2, -0.15) is 0 Å². The molecule has 1 fully saturated rings. The fraction of sp³-hybridized carbons (Fsp3) is 0.467. The number of rotatable bonds is 5. The summed E-state index contributed by atoms with van der Waals surface area (Å²) in [5.41, 5.74) is 0. The van der Waals surface area contributed by atoms with Crippen molar-refractivity contribution in [2.75, 3.05) is 19.7 Å². The van der Waals surface area contributed by atoms with E-state index in [1.165, 1.54) is 0 Å². The van der Waals surface area contributed by atoms with Crippen LogP contribution in [0.3, 0.4) is 0 Å². The highest BCUT2D eigenvalue weighted by Gasteiger charge is 2.29. The van der Waals surface area contributed by atoms with Crippen LogP contribution in [0.2, 0.25) is 5.02 Å². The standard InChI is InChI=1S/C15H18ClNO5/c1-10(22-13-5-3-2-4-12(13)16)15(20)17-6-7-21-11(9-17)8-14(18)19/h2-5,10-11H,6-9H2,1H3,(H,18,19). The van der Waals surface area contributed by atoms with Crippen LogP contribution in [0, 0.1) is 0 Å². The van der Waals surface area contributed by atoms with Crippen LogP contribution in [-0.4, -0.2) is 53.8 Å². The molecule has 0 saturated carbocycles. The molecule has 1 aliphatic heterocycles. The SMILES string of the molecule is CC(Oc1ccccc1Cl)C(=O)N1CCOC(CC(=O)O)C1. The van der Waals surface area contributed by atoms with Crippen molar-refractivity contribution in [3.63, 3.8) is 0 Å². The Morgan fingerprint density at radius 2 is 2.23 bits per heavy atom. The number of hydrogen-bond acceptors (Lipinski definition) is 4. The third kappa shape index (κ3) is 4.35. The van der Waals surface area contributed by atoms with Crippen molar-refractivity contribution in [3.8, 4) is 5.75 Å². The van der Waals surface area contributed by atoms with E-state index < -0.39 is 18.2 Å². The number of carboxylic acid groups (broad SMARTS) is 1. The van der Waals surface area contributed by atoms with Gasteiger partial charge >= 0.3 is 5.97 Å². The summed E-state index contributed by atoms with van der Waals surface area (Å²) >= 11 is 6.00. The van der Waals surface area contributed by atoms with Gasteiger partial charge in [0.25, 0.3) is 5.91 Å². The highest BCUT2D eigenvalue weighted by atomic mass is 35.5. The molecule has 1 N–H and O–H groups in total. The molecule has 0 spiro atoms. The molecule has 22 heavy (non-hydrogen) atoms. The second kappa shape index (κ2) is 7.47. The predicted octanol–water partition coefficient (Wildman–Crippen LogP) is 1.81. The average Bonchev–Trinajstić information content (AvgIpc) is 2.48. The Morgan fingerprint density at radius 1 is 1.50 bits per heavy atom. The Kier molecular flexibility index (Phi) is 5.63. The van der Waals surface area contributed by atoms with E-state index in [0.29, 0.717) is 23.9 Å². The number of benzene rings is 1. The van der Waals surface area contributed by atoms with E-state index in [1.807, 2.05) is 0 Å². The highest BCUT2D eigenvalue weighted by molar-refractivity contribution is 6.32. The summed E-state index contributed by atoms with van der Waals surface area (Å²) in [5.74, 6) is -0.710. The maximum absolute atomic E-state index is 12.4. The summed E-state index contributed by atoms with van der Waals surface area (Å²) in [5, 5.41) is 9.24. The lowest BCUT2D eigenvalue weighted by Gasteiger charge is -2.33. The lowest BCUT2D eigenvalue weighted by atomic mass is 10.2. The van der Waals surface area contributed by atoms with E-state index in [4.69, 9.17) is 26.2 Å². The highest BCUT2D eigenvalue weighted by Crippen LogP contribution is 2.24. The molecule has 1 heterocycles. The number of hydrogen-bond donors (Lipinski definition) is 1. The minimum absolute atomic E-state index is 0.121. The third-order valence-corrected chi connectivity index (χ3v) is 3.65. The van der Waals surface area contributed by atoms with Crippen molar-refractivity contribution in [2.45, 2.75) is 25.6 Å². The van der Waals surface area contributed by atoms with Crippen LogP contribution in [0.15, 0.2) is 24.3 Å². The minimum Gasteiger partial charge on any atom is -0.481 e. The van der Waals surface area contributed by atoms with Crippen molar-refractivity contribution in [3.05, 3.63) is 29.3 Å². The number of carbonyl (C=O) groups excluding carboxylic acids is 1. The summed E-state index contributed by atoms with van der Waals surface area (Å²) in [6, 6.07) is 6.93. The lowest BCUT2D eigenvalue weighted by Crippen LogP contribution is -2.50. The van der Waals surface area contributed by atoms with Gasteiger partial charge in [0.05, 0.1) is 24.2 Å². The van der Waals surface area contributed by atoms with Gasteiger partial charge in [-0.3, -0.25) is 9.59 Å². The summed E-state index contributed by atoms with van der Waals surface area (Å²) in [4.78, 5) is 24.7. The van der Waals surface area contributed by atoms with Crippen LogP contribution < -0.4 is 4.74 Å². The number of aliphatic carboxylic acids is 1. The quantitative estimate of drug-likeness (QED) is 0.892. The van der Waals surface area contributed by atoms with Gasteiger partial charge in [0.15, 0.2) is 6.10 Å². The van der Waals surface area contributed by atoms with Crippen LogP contribution in [0.5, 0.6) is 5.75 Å². The first-order chi connectivity index (χ1) is 10.5. The molecule has 0 aromatic heterocycles. The Hall–Kier alpha value is -1.79. The molecular formula is C15H18ClNO5. The lowest BCUT2D eigenvalue weighted by molar-refractivity contribution is -0.151. The molecule has 120 valence electrons. The Balaban J connectivity index is 1.95. The maximum Gasteiger partial charge on any atom is 0.306 e. The van der Waals surface area contributed by atoms with Gasteiger partial charge in [-0.15, -0.1) is 0 Å². The van der Waals surface area contributed by atoms with Crippen molar-refractivity contribution >= 4 is 23.5 Å². The number of carbonyl (C=O) groups is 2. The van der Waals surface area contributed by atoms with E-state index in [-0.39, 0.29) is 18.9 Å². The van der Waals surface area contributed by atoms with Crippen LogP contribution in [0.25, 0.3) is 0 Å². The summed E-state index contributed by atoms with van der Waals surface area (Å²) < 4.78 is 10.9. The molecule has 1 aliphatic rings. The molecule has 6 nitrogen and oxygen atoms in total. The number of para-hydroxylation sites is 1. The maximum atomic E-state index is 12.4. The summed E-state index contributed by atoms with van der Waals surface area (Å²) in [7, 11) is 0. The van der Waals surface area contributed by atoms with Gasteiger partial charge in [0.1, 0.15) is 5.75 Å². The predicted molar refractivity (Wildman–Crippen MR) is 80.1 cm³/mol. The van der Waals surface area contributed by atoms with E-state index in [1.54, 1.807) is 36.1 Å². The van der Waals surface area contributed by atoms with Gasteiger partial charge < -0.3 is 19.5 Å². The van der Waals surface area contributed by atoms with Crippen LogP contribution in [-0.2, 0) is 14.3 Å². The third-order valence-electron chi connectivity index (χ3n) is 3.34. The number of morpholine rings is 1. The van der Waals surface area contributed by atoms with Gasteiger partial charge in [0, 0.05) is 13.1 Å². The molecule has 0 bridgehead atoms. The topological polar surface area (TPSA) is 76.1 Å². The molecule has 2 unspecified atom stereocenters. The first kappa shape index (κ1) is 16.6. The summed E-state index contributed by atoms with van der Waals surface area (Å²) in [6.45, 7) is 2.64. The molecule has 2 rings (SSSR count). The monoisotopic (exact) mass is 327 g/mol. The minimum atomic E-state index is -0.945. The largest absolute Gasteiger partial charge is 0.481 e. The molecule has 0 radical (unpaired) electrons. The number of ether oxygens (including phenoxy) is 2. The Labute approximate surface area is 133 Å². The number of carboxylic acids is 1. The van der Waals surface area contributed by atoms with Gasteiger partial charge in [-0.05, 0) is 19.1 Å². The fourth-order valence-electron chi connectivity index (χ4n) is 2.28. The van der Waals surface area contributed by atoms with E-state index >= 15 is 0 Å². The zero-order valence-electron chi connectivity index (χ0n) is 12.2. The molecule has 0 aliphatic carbocycles. The molecule has 1 aromatic carbocycles. The van der Waals surface area contributed by atoms with Gasteiger partial charge in [-0.1, -0.05) is 23.7 Å². The van der Waals surface area contributed by atoms with E-state index in [0.717, 1.165) is 0 Å². The van der Waals surface area contributed by atoms with Gasteiger partial charge in [0.2, 0.25) is 0 Å². The summed E-state index contributed by atoms with van der Waals surface area (Å²) in [6.07, 6.45) is -1.31. The fourth-order valence-corrected chi connectivity index (χ4v) is 2.46. The van der Waals surface area contributed by atoms with Crippen LogP contribution >= 0.6 is 11.6 Å². The van der Waals surface area contributed by atoms with Crippen LogP contribution in [0.4, 0.5) is 0 Å². The normalized spacial score (nSPS) is 19.5. The van der Waals surface area contributed by atoms with Crippen LogP contribution in [0.1, 0.15) is 13.3 Å². The number of amides is 1. The first-order valence-electron chi connectivity index (χ1n) is 7.00. The molecule has 1 amide bonds. The average molecular weight is 328 g/mol. The molecule has 1 aromatic rings. The number of nitrogens with zero attached hydrogens (tertiary/aromatic N) is 1. The Morgan fingerprint density at radius 3 is 2.91 bits per heavy atom. The zero-order chi connectivity index (χ0) is 16.1. The molecule has 7 heteroatoms. The smallest absolute Gasteiger partial charge is 0.306 e. The second-order valence-corrected chi connectivity index (χ2v) is 5.47. The van der Waals surface area contributed by atoms with Crippen molar-refractivity contribution in [1.29, 1.82) is 0 Å². The zero-order valence-corrected chi connectivity index (χ0v) is 13.0. The first-order valence-corrected chi connectivity index (χ1v) is 7.38. The number of halogens is 1. The second-order valence-electron chi connectivity index (χ2n) is 5.07. The van der Waals surface area contributed by atoms with E-state index in [2.05, 4.69) is 0 Å². The van der Waals surface area contributed by atoms with E-state index in [9.17, 15) is 9.59 Å². The molecule has 2 atom stereocenters. The van der Waals surface area contributed by atoms with Gasteiger partial charge in [-0.25, -0.2) is 0 Å². The molecule has 1 saturated heterocycles. The molecular weight excluding hydrogens is 310 g/mol. The Bertz CT molecular complexity index is 550.